The van der Waals surface area contributed by atoms with Gasteiger partial charge in [-0.05, 0) is 73.9 Å². The van der Waals surface area contributed by atoms with Crippen molar-refractivity contribution in [1.29, 1.82) is 0 Å². The third-order valence-electron chi connectivity index (χ3n) is 6.60. The monoisotopic (exact) mass is 585 g/mol. The van der Waals surface area contributed by atoms with E-state index in [4.69, 9.17) is 16.3 Å². The highest BCUT2D eigenvalue weighted by atomic mass is 35.5. The first-order chi connectivity index (χ1) is 19.1. The van der Waals surface area contributed by atoms with Crippen molar-refractivity contribution in [2.75, 3.05) is 18.0 Å². The summed E-state index contributed by atoms with van der Waals surface area (Å²) in [4.78, 5) is 28.8. The van der Waals surface area contributed by atoms with Crippen molar-refractivity contribution in [3.63, 3.8) is 0 Å². The van der Waals surface area contributed by atoms with Gasteiger partial charge in [0, 0.05) is 17.6 Å². The molecule has 0 radical (unpaired) electrons. The zero-order valence-electron chi connectivity index (χ0n) is 23.2. The number of halogens is 1. The minimum absolute atomic E-state index is 0.00514. The number of hydrogen-bond acceptors (Lipinski definition) is 5. The Morgan fingerprint density at radius 1 is 0.950 bits per heavy atom. The maximum atomic E-state index is 14.1. The minimum atomic E-state index is -4.15. The van der Waals surface area contributed by atoms with Gasteiger partial charge in [0.2, 0.25) is 11.8 Å². The van der Waals surface area contributed by atoms with Crippen LogP contribution in [0.4, 0.5) is 5.69 Å². The van der Waals surface area contributed by atoms with Gasteiger partial charge in [-0.2, -0.15) is 0 Å². The second kappa shape index (κ2) is 14.2. The third kappa shape index (κ3) is 7.76. The zero-order chi connectivity index (χ0) is 29.3. The molecular weight excluding hydrogens is 550 g/mol. The number of methoxy groups -OCH3 is 1. The Hall–Kier alpha value is -3.56. The van der Waals surface area contributed by atoms with Crippen LogP contribution in [-0.2, 0) is 26.2 Å². The highest BCUT2D eigenvalue weighted by Gasteiger charge is 2.34. The molecule has 0 fully saturated rings. The largest absolute Gasteiger partial charge is 0.497 e. The number of sulfonamides is 1. The van der Waals surface area contributed by atoms with Gasteiger partial charge >= 0.3 is 0 Å². The molecule has 0 aliphatic rings. The van der Waals surface area contributed by atoms with E-state index in [2.05, 4.69) is 5.32 Å². The Labute approximate surface area is 241 Å². The summed E-state index contributed by atoms with van der Waals surface area (Å²) in [5, 5.41) is 3.36. The van der Waals surface area contributed by atoms with Crippen LogP contribution in [0.25, 0.3) is 0 Å². The van der Waals surface area contributed by atoms with Crippen molar-refractivity contribution in [3.8, 4) is 5.75 Å². The smallest absolute Gasteiger partial charge is 0.264 e. The van der Waals surface area contributed by atoms with Gasteiger partial charge in [-0.25, -0.2) is 8.42 Å². The summed E-state index contributed by atoms with van der Waals surface area (Å²) in [6, 6.07) is 20.5. The van der Waals surface area contributed by atoms with Crippen molar-refractivity contribution in [2.24, 2.45) is 0 Å². The summed E-state index contributed by atoms with van der Waals surface area (Å²) in [6.45, 7) is 5.27. The van der Waals surface area contributed by atoms with Crippen molar-refractivity contribution < 1.29 is 22.7 Å². The van der Waals surface area contributed by atoms with Crippen LogP contribution in [0.15, 0.2) is 83.8 Å². The summed E-state index contributed by atoms with van der Waals surface area (Å²) in [5.74, 6) is -0.200. The number of hydrogen-bond donors (Lipinski definition) is 1. The molecule has 0 aliphatic heterocycles. The van der Waals surface area contributed by atoms with Gasteiger partial charge < -0.3 is 15.0 Å². The first-order valence-corrected chi connectivity index (χ1v) is 15.0. The van der Waals surface area contributed by atoms with Gasteiger partial charge in [0.15, 0.2) is 0 Å². The van der Waals surface area contributed by atoms with Crippen LogP contribution >= 0.6 is 11.6 Å². The fourth-order valence-electron chi connectivity index (χ4n) is 4.18. The quantitative estimate of drug-likeness (QED) is 0.295. The lowest BCUT2D eigenvalue weighted by atomic mass is 10.1. The summed E-state index contributed by atoms with van der Waals surface area (Å²) >= 11 is 5.99. The van der Waals surface area contributed by atoms with Crippen LogP contribution in [0.3, 0.4) is 0 Å². The van der Waals surface area contributed by atoms with E-state index in [1.807, 2.05) is 26.8 Å². The molecule has 8 nitrogen and oxygen atoms in total. The lowest BCUT2D eigenvalue weighted by Gasteiger charge is -2.33. The molecule has 0 spiro atoms. The summed E-state index contributed by atoms with van der Waals surface area (Å²) in [7, 11) is -2.60. The summed E-state index contributed by atoms with van der Waals surface area (Å²) in [5.41, 5.74) is 1.07. The molecule has 3 rings (SSSR count). The average molecular weight is 586 g/mol. The number of carbonyl (C=O) groups is 2. The van der Waals surface area contributed by atoms with Gasteiger partial charge in [0.05, 0.1) is 17.7 Å². The molecule has 0 aromatic heterocycles. The number of amides is 2. The van der Waals surface area contributed by atoms with Crippen LogP contribution in [0, 0.1) is 0 Å². The Kier molecular flexibility index (Phi) is 11.0. The molecule has 0 aliphatic carbocycles. The normalized spacial score (nSPS) is 12.7. The van der Waals surface area contributed by atoms with Crippen LogP contribution in [0.1, 0.15) is 39.2 Å². The average Bonchev–Trinajstić information content (AvgIpc) is 2.96. The number of anilines is 1. The van der Waals surface area contributed by atoms with Gasteiger partial charge in [0.1, 0.15) is 18.3 Å². The number of para-hydroxylation sites is 1. The molecular formula is C30H36ClN3O5S. The molecule has 1 N–H and O–H groups in total. The van der Waals surface area contributed by atoms with E-state index in [1.54, 1.807) is 55.6 Å². The zero-order valence-corrected chi connectivity index (χ0v) is 24.8. The molecule has 0 saturated heterocycles. The van der Waals surface area contributed by atoms with Gasteiger partial charge in [0.25, 0.3) is 10.0 Å². The third-order valence-corrected chi connectivity index (χ3v) is 8.64. The first-order valence-electron chi connectivity index (χ1n) is 13.2. The number of nitrogens with one attached hydrogen (secondary N) is 1. The molecule has 2 amide bonds. The molecule has 2 atom stereocenters. The maximum Gasteiger partial charge on any atom is 0.264 e. The van der Waals surface area contributed by atoms with E-state index in [-0.39, 0.29) is 23.4 Å². The fraction of sp³-hybridized carbons (Fsp3) is 0.333. The highest BCUT2D eigenvalue weighted by molar-refractivity contribution is 7.92. The molecule has 0 unspecified atom stereocenters. The van der Waals surface area contributed by atoms with Crippen molar-refractivity contribution in [1.82, 2.24) is 10.2 Å². The predicted molar refractivity (Wildman–Crippen MR) is 158 cm³/mol. The van der Waals surface area contributed by atoms with Crippen LogP contribution in [-0.4, -0.2) is 50.9 Å². The molecule has 0 heterocycles. The van der Waals surface area contributed by atoms with Crippen LogP contribution < -0.4 is 14.4 Å². The Bertz CT molecular complexity index is 1380. The Morgan fingerprint density at radius 3 is 2.23 bits per heavy atom. The van der Waals surface area contributed by atoms with Crippen molar-refractivity contribution >= 4 is 39.1 Å². The standard InChI is InChI=1S/C30H36ClN3O5S/c1-5-22(3)32-30(36)28(6-2)33(20-23-11-10-14-26(19-23)39-4)29(35)21-34(25-12-8-7-9-13-25)40(37,38)27-17-15-24(31)16-18-27/h7-19,22,28H,5-6,20-21H2,1-4H3,(H,32,36)/t22-,28-/m0/s1. The lowest BCUT2D eigenvalue weighted by Crippen LogP contribution is -2.53. The first kappa shape index (κ1) is 31.0. The van der Waals surface area contributed by atoms with Crippen molar-refractivity contribution in [2.45, 2.75) is 57.1 Å². The van der Waals surface area contributed by atoms with Crippen LogP contribution in [0.5, 0.6) is 5.75 Å². The van der Waals surface area contributed by atoms with E-state index in [0.717, 1.165) is 16.3 Å². The topological polar surface area (TPSA) is 96.0 Å². The van der Waals surface area contributed by atoms with E-state index >= 15 is 0 Å². The highest BCUT2D eigenvalue weighted by Crippen LogP contribution is 2.26. The minimum Gasteiger partial charge on any atom is -0.497 e. The molecule has 0 saturated carbocycles. The molecule has 214 valence electrons. The van der Waals surface area contributed by atoms with Gasteiger partial charge in [-0.15, -0.1) is 0 Å². The van der Waals surface area contributed by atoms with Gasteiger partial charge in [-0.3, -0.25) is 13.9 Å². The SMILES string of the molecule is CC[C@H](C)NC(=O)[C@H](CC)N(Cc1cccc(OC)c1)C(=O)CN(c1ccccc1)S(=O)(=O)c1ccc(Cl)cc1. The number of benzene rings is 3. The van der Waals surface area contributed by atoms with E-state index in [9.17, 15) is 18.0 Å². The predicted octanol–water partition coefficient (Wildman–Crippen LogP) is 5.27. The number of ether oxygens (including phenoxy) is 1. The summed E-state index contributed by atoms with van der Waals surface area (Å²) in [6.07, 6.45) is 1.07. The Morgan fingerprint density at radius 2 is 1.62 bits per heavy atom. The van der Waals surface area contributed by atoms with E-state index < -0.39 is 28.5 Å². The second-order valence-electron chi connectivity index (χ2n) is 9.42. The summed E-state index contributed by atoms with van der Waals surface area (Å²) < 4.78 is 34.0. The molecule has 40 heavy (non-hydrogen) atoms. The van der Waals surface area contributed by atoms with Crippen LogP contribution in [0.2, 0.25) is 5.02 Å². The Balaban J connectivity index is 2.04. The molecule has 0 bridgehead atoms. The van der Waals surface area contributed by atoms with E-state index in [1.165, 1.54) is 29.2 Å². The van der Waals surface area contributed by atoms with Crippen molar-refractivity contribution in [3.05, 3.63) is 89.4 Å². The second-order valence-corrected chi connectivity index (χ2v) is 11.7. The number of carbonyl (C=O) groups excluding carboxylic acids is 2. The fourth-order valence-corrected chi connectivity index (χ4v) is 5.73. The van der Waals surface area contributed by atoms with Gasteiger partial charge in [-0.1, -0.05) is 55.8 Å². The number of rotatable bonds is 13. The lowest BCUT2D eigenvalue weighted by molar-refractivity contribution is -0.140. The van der Waals surface area contributed by atoms with E-state index in [0.29, 0.717) is 22.9 Å². The maximum absolute atomic E-state index is 14.1. The molecule has 3 aromatic rings. The number of nitrogens with zero attached hydrogens (tertiary/aromatic N) is 2. The molecule has 10 heteroatoms. The molecule has 3 aromatic carbocycles.